The summed E-state index contributed by atoms with van der Waals surface area (Å²) < 4.78 is 2.15. The molecule has 5 heteroatoms. The predicted molar refractivity (Wildman–Crippen MR) is 75.5 cm³/mol. The van der Waals surface area contributed by atoms with Crippen molar-refractivity contribution in [2.75, 3.05) is 5.73 Å². The maximum atomic E-state index is 6.01. The Labute approximate surface area is 111 Å². The molecule has 3 aromatic rings. The number of hydrogen-bond acceptors (Lipinski definition) is 4. The standard InChI is InChI=1S/C14H15N5/c1-2-8-19-12-5-7-16-9-11(12)18-14(19)13-10(15)4-3-6-17-13/h3-7,9H,2,8,15H2,1H3. The number of aromatic nitrogens is 4. The van der Waals surface area contributed by atoms with Gasteiger partial charge in [-0.25, -0.2) is 4.98 Å². The van der Waals surface area contributed by atoms with Crippen LogP contribution in [0, 0.1) is 0 Å². The smallest absolute Gasteiger partial charge is 0.162 e. The van der Waals surface area contributed by atoms with E-state index in [1.165, 1.54) is 0 Å². The number of nitrogens with zero attached hydrogens (tertiary/aromatic N) is 4. The number of nitrogen functional groups attached to an aromatic ring is 1. The fourth-order valence-corrected chi connectivity index (χ4v) is 2.22. The summed E-state index contributed by atoms with van der Waals surface area (Å²) in [4.78, 5) is 13.1. The summed E-state index contributed by atoms with van der Waals surface area (Å²) in [6, 6.07) is 5.64. The molecule has 96 valence electrons. The molecule has 0 aromatic carbocycles. The third kappa shape index (κ3) is 1.93. The van der Waals surface area contributed by atoms with Crippen LogP contribution in [0.5, 0.6) is 0 Å². The average Bonchev–Trinajstić information content (AvgIpc) is 2.79. The molecule has 3 heterocycles. The van der Waals surface area contributed by atoms with Crippen LogP contribution in [-0.4, -0.2) is 19.5 Å². The highest BCUT2D eigenvalue weighted by Crippen LogP contribution is 2.26. The number of aryl methyl sites for hydroxylation is 1. The lowest BCUT2D eigenvalue weighted by atomic mass is 10.3. The molecule has 0 aliphatic carbocycles. The quantitative estimate of drug-likeness (QED) is 0.778. The van der Waals surface area contributed by atoms with Gasteiger partial charge in [-0.3, -0.25) is 9.97 Å². The second-order valence-electron chi connectivity index (χ2n) is 4.39. The van der Waals surface area contributed by atoms with Gasteiger partial charge in [0.15, 0.2) is 5.82 Å². The normalized spacial score (nSPS) is 11.0. The highest BCUT2D eigenvalue weighted by atomic mass is 15.1. The molecule has 0 atom stereocenters. The monoisotopic (exact) mass is 253 g/mol. The molecule has 3 rings (SSSR count). The summed E-state index contributed by atoms with van der Waals surface area (Å²) in [5, 5.41) is 0. The molecule has 0 unspecified atom stereocenters. The van der Waals surface area contributed by atoms with Crippen molar-refractivity contribution < 1.29 is 0 Å². The summed E-state index contributed by atoms with van der Waals surface area (Å²) in [5.74, 6) is 0.808. The minimum Gasteiger partial charge on any atom is -0.397 e. The van der Waals surface area contributed by atoms with Gasteiger partial charge in [0.25, 0.3) is 0 Å². The largest absolute Gasteiger partial charge is 0.397 e. The highest BCUT2D eigenvalue weighted by molar-refractivity contribution is 5.81. The van der Waals surface area contributed by atoms with Crippen molar-refractivity contribution in [1.29, 1.82) is 0 Å². The van der Waals surface area contributed by atoms with E-state index in [4.69, 9.17) is 5.73 Å². The van der Waals surface area contributed by atoms with Crippen LogP contribution in [0.4, 0.5) is 5.69 Å². The summed E-state index contributed by atoms with van der Waals surface area (Å²) >= 11 is 0. The Morgan fingerprint density at radius 1 is 1.26 bits per heavy atom. The Morgan fingerprint density at radius 2 is 2.16 bits per heavy atom. The van der Waals surface area contributed by atoms with E-state index in [0.717, 1.165) is 35.5 Å². The summed E-state index contributed by atoms with van der Waals surface area (Å²) in [6.07, 6.45) is 6.30. The van der Waals surface area contributed by atoms with Crippen LogP contribution in [0.3, 0.4) is 0 Å². The minimum atomic E-state index is 0.642. The molecule has 0 amide bonds. The average molecular weight is 253 g/mol. The first-order chi connectivity index (χ1) is 9.31. The Morgan fingerprint density at radius 3 is 2.95 bits per heavy atom. The van der Waals surface area contributed by atoms with E-state index < -0.39 is 0 Å². The second-order valence-corrected chi connectivity index (χ2v) is 4.39. The maximum absolute atomic E-state index is 6.01. The maximum Gasteiger partial charge on any atom is 0.162 e. The van der Waals surface area contributed by atoms with Crippen molar-refractivity contribution in [2.45, 2.75) is 19.9 Å². The molecule has 0 aliphatic heterocycles. The summed E-state index contributed by atoms with van der Waals surface area (Å²) in [6.45, 7) is 3.02. The van der Waals surface area contributed by atoms with Gasteiger partial charge in [-0.1, -0.05) is 6.92 Å². The molecule has 3 aromatic heterocycles. The molecule has 5 nitrogen and oxygen atoms in total. The summed E-state index contributed by atoms with van der Waals surface area (Å²) in [5.41, 5.74) is 9.32. The van der Waals surface area contributed by atoms with Crippen LogP contribution in [0.15, 0.2) is 36.8 Å². The van der Waals surface area contributed by atoms with Crippen molar-refractivity contribution in [3.8, 4) is 11.5 Å². The summed E-state index contributed by atoms with van der Waals surface area (Å²) in [7, 11) is 0. The fourth-order valence-electron chi connectivity index (χ4n) is 2.22. The first kappa shape index (κ1) is 11.6. The van der Waals surface area contributed by atoms with Crippen LogP contribution in [0.2, 0.25) is 0 Å². The van der Waals surface area contributed by atoms with Crippen molar-refractivity contribution in [3.63, 3.8) is 0 Å². The molecule has 0 radical (unpaired) electrons. The first-order valence-electron chi connectivity index (χ1n) is 6.32. The number of imidazole rings is 1. The zero-order valence-electron chi connectivity index (χ0n) is 10.7. The molecule has 0 saturated heterocycles. The van der Waals surface area contributed by atoms with E-state index in [1.54, 1.807) is 18.6 Å². The van der Waals surface area contributed by atoms with Crippen molar-refractivity contribution in [3.05, 3.63) is 36.8 Å². The topological polar surface area (TPSA) is 69.6 Å². The third-order valence-corrected chi connectivity index (χ3v) is 3.05. The predicted octanol–water partition coefficient (Wildman–Crippen LogP) is 2.49. The molecular weight excluding hydrogens is 238 g/mol. The minimum absolute atomic E-state index is 0.642. The lowest BCUT2D eigenvalue weighted by Gasteiger charge is -2.08. The van der Waals surface area contributed by atoms with Gasteiger partial charge in [0.1, 0.15) is 11.2 Å². The molecule has 19 heavy (non-hydrogen) atoms. The van der Waals surface area contributed by atoms with Crippen LogP contribution in [-0.2, 0) is 6.54 Å². The first-order valence-corrected chi connectivity index (χ1v) is 6.32. The van der Waals surface area contributed by atoms with Crippen LogP contribution >= 0.6 is 0 Å². The molecule has 0 saturated carbocycles. The number of fused-ring (bicyclic) bond motifs is 1. The number of anilines is 1. The molecule has 2 N–H and O–H groups in total. The fraction of sp³-hybridized carbons (Fsp3) is 0.214. The van der Waals surface area contributed by atoms with Crippen molar-refractivity contribution in [2.24, 2.45) is 0 Å². The van der Waals surface area contributed by atoms with E-state index >= 15 is 0 Å². The van der Waals surface area contributed by atoms with Gasteiger partial charge in [-0.15, -0.1) is 0 Å². The van der Waals surface area contributed by atoms with E-state index in [2.05, 4.69) is 26.4 Å². The Hall–Kier alpha value is -2.43. The van der Waals surface area contributed by atoms with Gasteiger partial charge in [-0.05, 0) is 24.6 Å². The SMILES string of the molecule is CCCn1c(-c2ncccc2N)nc2cnccc21. The number of rotatable bonds is 3. The van der Waals surface area contributed by atoms with E-state index in [0.29, 0.717) is 5.69 Å². The number of nitrogens with two attached hydrogens (primary N) is 1. The lowest BCUT2D eigenvalue weighted by Crippen LogP contribution is -2.03. The van der Waals surface area contributed by atoms with Gasteiger partial charge in [0, 0.05) is 18.9 Å². The zero-order chi connectivity index (χ0) is 13.2. The second kappa shape index (κ2) is 4.68. The van der Waals surface area contributed by atoms with Gasteiger partial charge >= 0.3 is 0 Å². The molecule has 0 aliphatic rings. The Bertz CT molecular complexity index is 717. The Kier molecular flexibility index (Phi) is 2.87. The highest BCUT2D eigenvalue weighted by Gasteiger charge is 2.14. The van der Waals surface area contributed by atoms with E-state index in [9.17, 15) is 0 Å². The van der Waals surface area contributed by atoms with Crippen LogP contribution in [0.25, 0.3) is 22.6 Å². The van der Waals surface area contributed by atoms with Gasteiger partial charge in [0.05, 0.1) is 17.4 Å². The molecule has 0 fully saturated rings. The number of hydrogen-bond donors (Lipinski definition) is 1. The molecule has 0 bridgehead atoms. The Balaban J connectivity index is 2.28. The molecular formula is C14H15N5. The van der Waals surface area contributed by atoms with Crippen molar-refractivity contribution in [1.82, 2.24) is 19.5 Å². The van der Waals surface area contributed by atoms with Gasteiger partial charge in [0.2, 0.25) is 0 Å². The van der Waals surface area contributed by atoms with Crippen LogP contribution < -0.4 is 5.73 Å². The zero-order valence-corrected chi connectivity index (χ0v) is 10.7. The molecule has 0 spiro atoms. The third-order valence-electron chi connectivity index (χ3n) is 3.05. The van der Waals surface area contributed by atoms with E-state index in [1.807, 2.05) is 18.2 Å². The van der Waals surface area contributed by atoms with Crippen molar-refractivity contribution >= 4 is 16.7 Å². The lowest BCUT2D eigenvalue weighted by molar-refractivity contribution is 0.702. The van der Waals surface area contributed by atoms with Crippen LogP contribution in [0.1, 0.15) is 13.3 Å². The van der Waals surface area contributed by atoms with Gasteiger partial charge in [-0.2, -0.15) is 0 Å². The van der Waals surface area contributed by atoms with E-state index in [-0.39, 0.29) is 0 Å². The van der Waals surface area contributed by atoms with Gasteiger partial charge < -0.3 is 10.3 Å². The number of pyridine rings is 2.